The van der Waals surface area contributed by atoms with Crippen molar-refractivity contribution in [3.05, 3.63) is 0 Å². The molecule has 2 rings (SSSR count). The van der Waals surface area contributed by atoms with E-state index >= 15 is 0 Å². The van der Waals surface area contributed by atoms with Gasteiger partial charge in [-0.25, -0.2) is 0 Å². The van der Waals surface area contributed by atoms with Crippen LogP contribution in [0.3, 0.4) is 0 Å². The van der Waals surface area contributed by atoms with E-state index in [4.69, 9.17) is 14.2 Å². The normalized spacial score (nSPS) is 41.9. The van der Waals surface area contributed by atoms with Crippen molar-refractivity contribution >= 4 is 17.7 Å². The predicted molar refractivity (Wildman–Crippen MR) is 58.5 cm³/mol. The van der Waals surface area contributed by atoms with Gasteiger partial charge in [-0.2, -0.15) is 0 Å². The van der Waals surface area contributed by atoms with Crippen molar-refractivity contribution in [2.24, 2.45) is 11.8 Å². The average molecular weight is 256 g/mol. The molecular formula is C12H16O6. The molecule has 0 amide bonds. The van der Waals surface area contributed by atoms with Gasteiger partial charge in [-0.15, -0.1) is 0 Å². The molecule has 0 radical (unpaired) electrons. The highest BCUT2D eigenvalue weighted by Gasteiger charge is 2.72. The lowest BCUT2D eigenvalue weighted by molar-refractivity contribution is -0.162. The molecule has 2 aliphatic rings. The van der Waals surface area contributed by atoms with Crippen LogP contribution in [0.25, 0.3) is 0 Å². The largest absolute Gasteiger partial charge is 0.469 e. The monoisotopic (exact) mass is 256 g/mol. The van der Waals surface area contributed by atoms with Crippen molar-refractivity contribution in [2.75, 3.05) is 14.2 Å². The molecule has 0 spiro atoms. The number of ketones is 1. The number of hydrogen-bond acceptors (Lipinski definition) is 6. The number of hydrogen-bond donors (Lipinski definition) is 0. The van der Waals surface area contributed by atoms with Gasteiger partial charge in [0, 0.05) is 6.42 Å². The van der Waals surface area contributed by atoms with E-state index in [9.17, 15) is 14.4 Å². The molecule has 0 aliphatic carbocycles. The van der Waals surface area contributed by atoms with Crippen molar-refractivity contribution in [1.82, 2.24) is 0 Å². The maximum absolute atomic E-state index is 12.0. The Labute approximate surface area is 105 Å². The molecule has 0 unspecified atom stereocenters. The van der Waals surface area contributed by atoms with Gasteiger partial charge in [-0.05, 0) is 13.8 Å². The second-order valence-corrected chi connectivity index (χ2v) is 5.12. The Bertz CT molecular complexity index is 430. The maximum Gasteiger partial charge on any atom is 0.313 e. The third-order valence-electron chi connectivity index (χ3n) is 4.01. The highest BCUT2D eigenvalue weighted by Crippen LogP contribution is 2.56. The van der Waals surface area contributed by atoms with E-state index in [1.165, 1.54) is 21.1 Å². The van der Waals surface area contributed by atoms with Crippen LogP contribution in [0.1, 0.15) is 20.3 Å². The first kappa shape index (κ1) is 13.0. The molecule has 100 valence electrons. The number of rotatable bonds is 2. The summed E-state index contributed by atoms with van der Waals surface area (Å²) < 4.78 is 15.1. The molecule has 0 aromatic carbocycles. The van der Waals surface area contributed by atoms with Crippen molar-refractivity contribution in [1.29, 1.82) is 0 Å². The topological polar surface area (TPSA) is 78.9 Å². The highest BCUT2D eigenvalue weighted by atomic mass is 16.6. The molecule has 2 fully saturated rings. The van der Waals surface area contributed by atoms with Crippen LogP contribution in [0.2, 0.25) is 0 Å². The average Bonchev–Trinajstić information content (AvgIpc) is 2.69. The Hall–Kier alpha value is -1.43. The molecule has 0 N–H and O–H groups in total. The molecule has 4 atom stereocenters. The number of carbonyl (C=O) groups is 3. The molecule has 2 aliphatic heterocycles. The second kappa shape index (κ2) is 3.78. The number of methoxy groups -OCH3 is 2. The Morgan fingerprint density at radius 3 is 2.17 bits per heavy atom. The lowest BCUT2D eigenvalue weighted by Crippen LogP contribution is -2.51. The number of ether oxygens (including phenoxy) is 3. The summed E-state index contributed by atoms with van der Waals surface area (Å²) in [5, 5.41) is 0. The Kier molecular flexibility index (Phi) is 2.73. The lowest BCUT2D eigenvalue weighted by atomic mass is 9.67. The van der Waals surface area contributed by atoms with Crippen LogP contribution in [0.4, 0.5) is 0 Å². The Morgan fingerprint density at radius 1 is 1.17 bits per heavy atom. The van der Waals surface area contributed by atoms with Gasteiger partial charge >= 0.3 is 11.9 Å². The summed E-state index contributed by atoms with van der Waals surface area (Å²) in [7, 11) is 2.47. The molecule has 0 aromatic heterocycles. The summed E-state index contributed by atoms with van der Waals surface area (Å²) in [4.78, 5) is 35.7. The molecule has 0 saturated carbocycles. The zero-order valence-electron chi connectivity index (χ0n) is 10.8. The third kappa shape index (κ3) is 1.41. The fourth-order valence-corrected chi connectivity index (χ4v) is 3.15. The molecule has 18 heavy (non-hydrogen) atoms. The van der Waals surface area contributed by atoms with Gasteiger partial charge in [-0.3, -0.25) is 14.4 Å². The molecule has 2 saturated heterocycles. The molecule has 6 nitrogen and oxygen atoms in total. The van der Waals surface area contributed by atoms with E-state index in [0.29, 0.717) is 0 Å². The summed E-state index contributed by atoms with van der Waals surface area (Å²) in [6.45, 7) is 3.19. The van der Waals surface area contributed by atoms with Crippen LogP contribution < -0.4 is 0 Å². The SMILES string of the molecule is COC(=O)[C@@H]1[C@H](C(=O)OC)[C@]2(C)CC(=O)[C@@]1(C)O2. The van der Waals surface area contributed by atoms with E-state index in [1.807, 2.05) is 0 Å². The summed E-state index contributed by atoms with van der Waals surface area (Å²) in [6, 6.07) is 0. The van der Waals surface area contributed by atoms with Gasteiger partial charge in [-0.1, -0.05) is 0 Å². The summed E-state index contributed by atoms with van der Waals surface area (Å²) in [5.74, 6) is -3.10. The van der Waals surface area contributed by atoms with Crippen LogP contribution >= 0.6 is 0 Å². The number of fused-ring (bicyclic) bond motifs is 2. The van der Waals surface area contributed by atoms with Crippen LogP contribution in [0.5, 0.6) is 0 Å². The van der Waals surface area contributed by atoms with Crippen LogP contribution in [0, 0.1) is 11.8 Å². The molecule has 0 aromatic rings. The van der Waals surface area contributed by atoms with Crippen LogP contribution in [0.15, 0.2) is 0 Å². The van der Waals surface area contributed by atoms with Crippen molar-refractivity contribution < 1.29 is 28.6 Å². The van der Waals surface area contributed by atoms with E-state index in [1.54, 1.807) is 6.92 Å². The first-order valence-corrected chi connectivity index (χ1v) is 5.69. The third-order valence-corrected chi connectivity index (χ3v) is 4.01. The van der Waals surface area contributed by atoms with E-state index in [2.05, 4.69) is 0 Å². The van der Waals surface area contributed by atoms with Gasteiger partial charge in [0.05, 0.1) is 19.8 Å². The van der Waals surface area contributed by atoms with Crippen molar-refractivity contribution in [3.8, 4) is 0 Å². The minimum absolute atomic E-state index is 0.108. The Morgan fingerprint density at radius 2 is 1.67 bits per heavy atom. The fraction of sp³-hybridized carbons (Fsp3) is 0.750. The zero-order chi connectivity index (χ0) is 13.7. The van der Waals surface area contributed by atoms with E-state index in [-0.39, 0.29) is 12.2 Å². The summed E-state index contributed by atoms with van der Waals surface area (Å²) in [5.41, 5.74) is -2.28. The molecule has 2 bridgehead atoms. The first-order valence-electron chi connectivity index (χ1n) is 5.69. The summed E-state index contributed by atoms with van der Waals surface area (Å²) >= 11 is 0. The van der Waals surface area contributed by atoms with Crippen molar-refractivity contribution in [2.45, 2.75) is 31.5 Å². The smallest absolute Gasteiger partial charge is 0.313 e. The zero-order valence-corrected chi connectivity index (χ0v) is 10.8. The molecular weight excluding hydrogens is 240 g/mol. The first-order chi connectivity index (χ1) is 8.30. The van der Waals surface area contributed by atoms with Gasteiger partial charge in [0.15, 0.2) is 5.78 Å². The summed E-state index contributed by atoms with van der Waals surface area (Å²) in [6.07, 6.45) is 0.108. The van der Waals surface area contributed by atoms with Gasteiger partial charge in [0.2, 0.25) is 0 Å². The predicted octanol–water partition coefficient (Wildman–Crippen LogP) is 0.0852. The van der Waals surface area contributed by atoms with Crippen LogP contribution in [-0.2, 0) is 28.6 Å². The Balaban J connectivity index is 2.49. The number of carbonyl (C=O) groups excluding carboxylic acids is 3. The van der Waals surface area contributed by atoms with Crippen LogP contribution in [-0.4, -0.2) is 43.1 Å². The van der Waals surface area contributed by atoms with Gasteiger partial charge in [0.1, 0.15) is 17.4 Å². The van der Waals surface area contributed by atoms with Gasteiger partial charge in [0.25, 0.3) is 0 Å². The standard InChI is InChI=1S/C12H16O6/c1-11-5-6(13)12(2,18-11)8(10(15)17-4)7(11)9(14)16-3/h7-8H,5H2,1-4H3/t7-,8+,11+,12-/m1/s1. The van der Waals surface area contributed by atoms with Gasteiger partial charge < -0.3 is 14.2 Å². The molecule has 6 heteroatoms. The highest BCUT2D eigenvalue weighted by molar-refractivity contribution is 6.00. The quantitative estimate of drug-likeness (QED) is 0.651. The maximum atomic E-state index is 12.0. The minimum Gasteiger partial charge on any atom is -0.469 e. The second-order valence-electron chi connectivity index (χ2n) is 5.12. The lowest BCUT2D eigenvalue weighted by Gasteiger charge is -2.31. The van der Waals surface area contributed by atoms with E-state index < -0.39 is 35.0 Å². The minimum atomic E-state index is -1.29. The number of Topliss-reactive ketones (excluding diaryl/α,β-unsaturated/α-hetero) is 1. The van der Waals surface area contributed by atoms with E-state index in [0.717, 1.165) is 0 Å². The molecule has 2 heterocycles. The fourth-order valence-electron chi connectivity index (χ4n) is 3.15. The number of esters is 2. The van der Waals surface area contributed by atoms with Crippen molar-refractivity contribution in [3.63, 3.8) is 0 Å².